The van der Waals surface area contributed by atoms with Crippen LogP contribution < -0.4 is 19.1 Å². The predicted molar refractivity (Wildman–Crippen MR) is 142 cm³/mol. The number of hydrogen-bond donors (Lipinski definition) is 2. The van der Waals surface area contributed by atoms with Crippen LogP contribution in [-0.4, -0.2) is 41.6 Å². The second-order valence-corrected chi connectivity index (χ2v) is 11.8. The van der Waals surface area contributed by atoms with Gasteiger partial charge in [-0.05, 0) is 86.6 Å². The number of carbonyl (C=O) groups is 1. The van der Waals surface area contributed by atoms with Crippen molar-refractivity contribution in [1.29, 1.82) is 0 Å². The van der Waals surface area contributed by atoms with Crippen molar-refractivity contribution in [3.8, 4) is 5.75 Å². The Kier molecular flexibility index (Phi) is 8.49. The van der Waals surface area contributed by atoms with Crippen LogP contribution in [0.5, 0.6) is 5.75 Å². The number of nitrogens with one attached hydrogen (secondary N) is 2. The molecule has 0 saturated heterocycles. The summed E-state index contributed by atoms with van der Waals surface area (Å²) in [5.41, 5.74) is 0.955. The van der Waals surface area contributed by atoms with Crippen LogP contribution >= 0.6 is 11.6 Å². The van der Waals surface area contributed by atoms with Crippen molar-refractivity contribution in [2.24, 2.45) is 0 Å². The minimum atomic E-state index is -3.87. The lowest BCUT2D eigenvalue weighted by Gasteiger charge is -2.28. The number of carbonyl (C=O) groups excluding carboxylic acids is 1. The van der Waals surface area contributed by atoms with Gasteiger partial charge >= 0.3 is 0 Å². The Balaban J connectivity index is 1.74. The molecule has 3 aromatic carbocycles. The zero-order valence-corrected chi connectivity index (χ0v) is 22.2. The number of benzene rings is 3. The first-order valence-corrected chi connectivity index (χ1v) is 14.5. The van der Waals surface area contributed by atoms with Crippen LogP contribution in [0, 0.1) is 0 Å². The van der Waals surface area contributed by atoms with Gasteiger partial charge in [0.05, 0.1) is 23.4 Å². The molecule has 0 radical (unpaired) electrons. The molecule has 0 saturated carbocycles. The first-order chi connectivity index (χ1) is 16.9. The number of sulfonamides is 2. The fourth-order valence-electron chi connectivity index (χ4n) is 3.36. The molecule has 12 heteroatoms. The lowest BCUT2D eigenvalue weighted by Crippen LogP contribution is -2.45. The van der Waals surface area contributed by atoms with Crippen LogP contribution in [0.2, 0.25) is 5.02 Å². The Morgan fingerprint density at radius 1 is 0.917 bits per heavy atom. The minimum Gasteiger partial charge on any atom is -0.494 e. The molecule has 3 aromatic rings. The van der Waals surface area contributed by atoms with E-state index in [1.165, 1.54) is 43.3 Å². The smallest absolute Gasteiger partial charge is 0.261 e. The number of anilines is 3. The standard InChI is InChI=1S/C24H26ClN3O6S2/c1-4-34-22-13-11-21(12-14-22)28(35(3,30)31)17(2)24(29)26-19-9-15-23(16-10-19)36(32,33)27-20-7-5-18(25)6-8-20/h5-17,27H,4H2,1-3H3,(H,26,29)/t17-/m0/s1. The molecule has 36 heavy (non-hydrogen) atoms. The van der Waals surface area contributed by atoms with Crippen molar-refractivity contribution in [3.63, 3.8) is 0 Å². The van der Waals surface area contributed by atoms with E-state index in [1.54, 1.807) is 36.4 Å². The lowest BCUT2D eigenvalue weighted by atomic mass is 10.2. The largest absolute Gasteiger partial charge is 0.494 e. The summed E-state index contributed by atoms with van der Waals surface area (Å²) >= 11 is 5.82. The zero-order valence-electron chi connectivity index (χ0n) is 19.8. The fourth-order valence-corrected chi connectivity index (χ4v) is 5.72. The number of nitrogens with zero attached hydrogens (tertiary/aromatic N) is 1. The summed E-state index contributed by atoms with van der Waals surface area (Å²) in [5, 5.41) is 3.11. The van der Waals surface area contributed by atoms with E-state index >= 15 is 0 Å². The van der Waals surface area contributed by atoms with Crippen LogP contribution in [0.25, 0.3) is 0 Å². The number of rotatable bonds is 10. The monoisotopic (exact) mass is 551 g/mol. The molecule has 0 heterocycles. The molecule has 0 aliphatic heterocycles. The molecule has 0 aliphatic rings. The van der Waals surface area contributed by atoms with Crippen LogP contribution in [0.1, 0.15) is 13.8 Å². The lowest BCUT2D eigenvalue weighted by molar-refractivity contribution is -0.116. The average Bonchev–Trinajstić information content (AvgIpc) is 2.81. The van der Waals surface area contributed by atoms with Crippen LogP contribution in [0.4, 0.5) is 17.1 Å². The maximum atomic E-state index is 12.9. The summed E-state index contributed by atoms with van der Waals surface area (Å²) in [5.74, 6) is -0.0170. The average molecular weight is 552 g/mol. The molecule has 0 aliphatic carbocycles. The quantitative estimate of drug-likeness (QED) is 0.387. The van der Waals surface area contributed by atoms with Gasteiger partial charge < -0.3 is 10.1 Å². The molecule has 1 amide bonds. The van der Waals surface area contributed by atoms with Gasteiger partial charge in [-0.2, -0.15) is 0 Å². The maximum Gasteiger partial charge on any atom is 0.261 e. The maximum absolute atomic E-state index is 12.9. The van der Waals surface area contributed by atoms with Gasteiger partial charge in [0.15, 0.2) is 0 Å². The van der Waals surface area contributed by atoms with Crippen molar-refractivity contribution >= 4 is 54.6 Å². The molecular weight excluding hydrogens is 526 g/mol. The molecule has 0 spiro atoms. The summed E-state index contributed by atoms with van der Waals surface area (Å²) in [4.78, 5) is 12.9. The van der Waals surface area contributed by atoms with Crippen LogP contribution in [0.15, 0.2) is 77.7 Å². The highest BCUT2D eigenvalue weighted by molar-refractivity contribution is 7.92. The Labute approximate surface area is 216 Å². The molecule has 2 N–H and O–H groups in total. The number of hydrogen-bond acceptors (Lipinski definition) is 6. The van der Waals surface area contributed by atoms with E-state index in [2.05, 4.69) is 10.0 Å². The summed E-state index contributed by atoms with van der Waals surface area (Å²) < 4.78 is 59.1. The normalized spacial score (nSPS) is 12.4. The first kappa shape index (κ1) is 27.3. The highest BCUT2D eigenvalue weighted by atomic mass is 35.5. The molecule has 0 aromatic heterocycles. The molecule has 1 atom stereocenters. The van der Waals surface area contributed by atoms with Gasteiger partial charge in [0.2, 0.25) is 15.9 Å². The van der Waals surface area contributed by atoms with Crippen molar-refractivity contribution in [2.45, 2.75) is 24.8 Å². The second kappa shape index (κ2) is 11.2. The van der Waals surface area contributed by atoms with Crippen molar-refractivity contribution in [1.82, 2.24) is 0 Å². The van der Waals surface area contributed by atoms with Crippen molar-refractivity contribution in [2.75, 3.05) is 27.2 Å². The third-order valence-corrected chi connectivity index (χ3v) is 7.91. The van der Waals surface area contributed by atoms with E-state index in [4.69, 9.17) is 16.3 Å². The van der Waals surface area contributed by atoms with Crippen LogP contribution in [-0.2, 0) is 24.8 Å². The van der Waals surface area contributed by atoms with E-state index in [0.717, 1.165) is 10.6 Å². The SMILES string of the molecule is CCOc1ccc(N([C@@H](C)C(=O)Nc2ccc(S(=O)(=O)Nc3ccc(Cl)cc3)cc2)S(C)(=O)=O)cc1. The van der Waals surface area contributed by atoms with E-state index in [1.807, 2.05) is 6.92 Å². The molecule has 0 fully saturated rings. The highest BCUT2D eigenvalue weighted by Crippen LogP contribution is 2.25. The summed E-state index contributed by atoms with van der Waals surface area (Å²) in [6.07, 6.45) is 1.01. The number of ether oxygens (including phenoxy) is 1. The Morgan fingerprint density at radius 2 is 1.47 bits per heavy atom. The first-order valence-electron chi connectivity index (χ1n) is 10.8. The summed E-state index contributed by atoms with van der Waals surface area (Å²) in [6.45, 7) is 3.76. The van der Waals surface area contributed by atoms with Gasteiger partial charge in [-0.15, -0.1) is 0 Å². The minimum absolute atomic E-state index is 0.0179. The van der Waals surface area contributed by atoms with E-state index in [-0.39, 0.29) is 4.90 Å². The third kappa shape index (κ3) is 6.90. The van der Waals surface area contributed by atoms with E-state index < -0.39 is 32.0 Å². The van der Waals surface area contributed by atoms with Gasteiger partial charge in [-0.3, -0.25) is 13.8 Å². The number of amides is 1. The van der Waals surface area contributed by atoms with Crippen molar-refractivity contribution in [3.05, 3.63) is 77.8 Å². The Bertz CT molecular complexity index is 1410. The molecular formula is C24H26ClN3O6S2. The zero-order chi connectivity index (χ0) is 26.5. The second-order valence-electron chi connectivity index (χ2n) is 7.79. The van der Waals surface area contributed by atoms with Crippen LogP contribution in [0.3, 0.4) is 0 Å². The Morgan fingerprint density at radius 3 is 2.00 bits per heavy atom. The molecule has 192 valence electrons. The van der Waals surface area contributed by atoms with Gasteiger partial charge in [0.1, 0.15) is 11.8 Å². The topological polar surface area (TPSA) is 122 Å². The summed E-state index contributed by atoms with van der Waals surface area (Å²) in [7, 11) is -7.67. The van der Waals surface area contributed by atoms with E-state index in [0.29, 0.717) is 34.4 Å². The fraction of sp³-hybridized carbons (Fsp3) is 0.208. The molecule has 0 bridgehead atoms. The molecule has 0 unspecified atom stereocenters. The van der Waals surface area contributed by atoms with Gasteiger partial charge in [-0.25, -0.2) is 16.8 Å². The molecule has 3 rings (SSSR count). The molecule has 9 nitrogen and oxygen atoms in total. The van der Waals surface area contributed by atoms with Gasteiger partial charge in [-0.1, -0.05) is 11.6 Å². The van der Waals surface area contributed by atoms with Crippen molar-refractivity contribution < 1.29 is 26.4 Å². The third-order valence-electron chi connectivity index (χ3n) is 5.02. The van der Waals surface area contributed by atoms with Gasteiger partial charge in [0, 0.05) is 16.4 Å². The number of halogens is 1. The highest BCUT2D eigenvalue weighted by Gasteiger charge is 2.29. The van der Waals surface area contributed by atoms with E-state index in [9.17, 15) is 21.6 Å². The van der Waals surface area contributed by atoms with Gasteiger partial charge in [0.25, 0.3) is 10.0 Å². The summed E-state index contributed by atoms with van der Waals surface area (Å²) in [6, 6.07) is 17.0. The Hall–Kier alpha value is -3.28. The predicted octanol–water partition coefficient (Wildman–Crippen LogP) is 4.33.